The van der Waals surface area contributed by atoms with Gasteiger partial charge >= 0.3 is 6.09 Å². The van der Waals surface area contributed by atoms with Crippen LogP contribution in [0, 0.1) is 5.82 Å². The number of aromatic amines is 1. The predicted molar refractivity (Wildman–Crippen MR) is 73.3 cm³/mol. The largest absolute Gasteiger partial charge is 0.444 e. The number of H-pyrrole nitrogens is 1. The van der Waals surface area contributed by atoms with Gasteiger partial charge in [-0.05, 0) is 27.2 Å². The van der Waals surface area contributed by atoms with Crippen molar-refractivity contribution in [2.75, 3.05) is 6.54 Å². The zero-order valence-corrected chi connectivity index (χ0v) is 12.2. The lowest BCUT2D eigenvalue weighted by Gasteiger charge is -2.28. The zero-order chi connectivity index (χ0) is 15.8. The second-order valence-corrected chi connectivity index (χ2v) is 6.13. The van der Waals surface area contributed by atoms with Crippen molar-refractivity contribution < 1.29 is 19.0 Å². The number of ether oxygens (including phenoxy) is 1. The monoisotopic (exact) mass is 298 g/mol. The van der Waals surface area contributed by atoms with Crippen LogP contribution in [0.1, 0.15) is 38.8 Å². The third kappa shape index (κ3) is 3.41. The van der Waals surface area contributed by atoms with Gasteiger partial charge in [-0.2, -0.15) is 0 Å². The minimum Gasteiger partial charge on any atom is -0.444 e. The fourth-order valence-corrected chi connectivity index (χ4v) is 2.35. The quantitative estimate of drug-likeness (QED) is 0.824. The molecule has 116 valence electrons. The van der Waals surface area contributed by atoms with Crippen molar-refractivity contribution in [1.82, 2.24) is 9.88 Å². The Morgan fingerprint density at radius 1 is 1.48 bits per heavy atom. The summed E-state index contributed by atoms with van der Waals surface area (Å²) in [4.78, 5) is 27.8. The van der Waals surface area contributed by atoms with Gasteiger partial charge in [0.15, 0.2) is 5.82 Å². The molecule has 1 amide bonds. The van der Waals surface area contributed by atoms with Gasteiger partial charge in [-0.3, -0.25) is 9.69 Å². The Labute approximate surface area is 121 Å². The van der Waals surface area contributed by atoms with E-state index in [4.69, 9.17) is 4.74 Å². The number of aliphatic hydroxyl groups excluding tert-OH is 1. The molecule has 0 radical (unpaired) electrons. The SMILES string of the molecule is CC(C)(C)OC(=O)N1C[C@H](O)C[C@@H]1c1c[nH]cc(F)c1=O. The maximum Gasteiger partial charge on any atom is 0.410 e. The maximum absolute atomic E-state index is 13.4. The highest BCUT2D eigenvalue weighted by atomic mass is 19.1. The number of nitrogens with one attached hydrogen (secondary N) is 1. The minimum atomic E-state index is -0.918. The molecule has 7 heteroatoms. The number of carbonyl (C=O) groups excluding carboxylic acids is 1. The molecule has 2 atom stereocenters. The lowest BCUT2D eigenvalue weighted by atomic mass is 10.1. The molecule has 0 spiro atoms. The molecular weight excluding hydrogens is 279 g/mol. The highest BCUT2D eigenvalue weighted by molar-refractivity contribution is 5.69. The first-order valence-corrected chi connectivity index (χ1v) is 6.73. The highest BCUT2D eigenvalue weighted by Gasteiger charge is 2.39. The summed E-state index contributed by atoms with van der Waals surface area (Å²) in [7, 11) is 0. The van der Waals surface area contributed by atoms with Crippen molar-refractivity contribution in [2.45, 2.75) is 44.9 Å². The summed E-state index contributed by atoms with van der Waals surface area (Å²) in [6.45, 7) is 5.22. The normalized spacial score (nSPS) is 22.4. The molecule has 1 aromatic heterocycles. The van der Waals surface area contributed by atoms with E-state index in [1.54, 1.807) is 20.8 Å². The maximum atomic E-state index is 13.4. The number of carbonyl (C=O) groups is 1. The van der Waals surface area contributed by atoms with Crippen LogP contribution in [0.2, 0.25) is 0 Å². The van der Waals surface area contributed by atoms with E-state index >= 15 is 0 Å². The van der Waals surface area contributed by atoms with Gasteiger partial charge in [-0.15, -0.1) is 0 Å². The molecule has 0 saturated carbocycles. The van der Waals surface area contributed by atoms with Crippen molar-refractivity contribution in [3.05, 3.63) is 34.0 Å². The Morgan fingerprint density at radius 2 is 2.14 bits per heavy atom. The number of hydrogen-bond donors (Lipinski definition) is 2. The average Bonchev–Trinajstić information content (AvgIpc) is 2.73. The second kappa shape index (κ2) is 5.48. The molecule has 2 N–H and O–H groups in total. The smallest absolute Gasteiger partial charge is 0.410 e. The van der Waals surface area contributed by atoms with Crippen LogP contribution in [-0.4, -0.2) is 39.3 Å². The molecule has 1 aliphatic heterocycles. The summed E-state index contributed by atoms with van der Waals surface area (Å²) >= 11 is 0. The summed E-state index contributed by atoms with van der Waals surface area (Å²) in [6.07, 6.45) is 1.07. The van der Waals surface area contributed by atoms with Crippen LogP contribution in [0.3, 0.4) is 0 Å². The van der Waals surface area contributed by atoms with Crippen LogP contribution in [-0.2, 0) is 4.74 Å². The molecule has 6 nitrogen and oxygen atoms in total. The fourth-order valence-electron chi connectivity index (χ4n) is 2.35. The first-order chi connectivity index (χ1) is 9.69. The molecule has 0 bridgehead atoms. The second-order valence-electron chi connectivity index (χ2n) is 6.13. The molecule has 0 unspecified atom stereocenters. The fraction of sp³-hybridized carbons (Fsp3) is 0.571. The van der Waals surface area contributed by atoms with Crippen molar-refractivity contribution in [3.8, 4) is 0 Å². The predicted octanol–water partition coefficient (Wildman–Crippen LogP) is 1.56. The van der Waals surface area contributed by atoms with Crippen molar-refractivity contribution in [2.24, 2.45) is 0 Å². The summed E-state index contributed by atoms with van der Waals surface area (Å²) < 4.78 is 18.6. The van der Waals surface area contributed by atoms with Crippen LogP contribution in [0.5, 0.6) is 0 Å². The van der Waals surface area contributed by atoms with Crippen LogP contribution in [0.15, 0.2) is 17.2 Å². The van der Waals surface area contributed by atoms with Crippen LogP contribution < -0.4 is 5.43 Å². The number of nitrogens with zero attached hydrogens (tertiary/aromatic N) is 1. The molecule has 1 aliphatic rings. The Hall–Kier alpha value is -1.89. The van der Waals surface area contributed by atoms with Gasteiger partial charge in [-0.25, -0.2) is 9.18 Å². The average molecular weight is 298 g/mol. The molecule has 1 fully saturated rings. The van der Waals surface area contributed by atoms with Gasteiger partial charge in [0, 0.05) is 18.0 Å². The number of pyridine rings is 1. The van der Waals surface area contributed by atoms with Crippen molar-refractivity contribution >= 4 is 6.09 Å². The van der Waals surface area contributed by atoms with Gasteiger partial charge in [0.05, 0.1) is 18.7 Å². The molecule has 1 aromatic rings. The molecule has 21 heavy (non-hydrogen) atoms. The third-order valence-electron chi connectivity index (χ3n) is 3.19. The number of aliphatic hydroxyl groups is 1. The Morgan fingerprint density at radius 3 is 2.76 bits per heavy atom. The molecule has 1 saturated heterocycles. The van der Waals surface area contributed by atoms with Gasteiger partial charge < -0.3 is 14.8 Å². The van der Waals surface area contributed by atoms with E-state index in [1.807, 2.05) is 0 Å². The van der Waals surface area contributed by atoms with Crippen LogP contribution in [0.4, 0.5) is 9.18 Å². The van der Waals surface area contributed by atoms with Gasteiger partial charge in [-0.1, -0.05) is 0 Å². The van der Waals surface area contributed by atoms with Crippen LogP contribution in [0.25, 0.3) is 0 Å². The summed E-state index contributed by atoms with van der Waals surface area (Å²) in [5, 5.41) is 9.78. The van der Waals surface area contributed by atoms with Crippen molar-refractivity contribution in [1.29, 1.82) is 0 Å². The zero-order valence-electron chi connectivity index (χ0n) is 12.2. The van der Waals surface area contributed by atoms with E-state index in [-0.39, 0.29) is 18.5 Å². The summed E-state index contributed by atoms with van der Waals surface area (Å²) in [6, 6.07) is -0.700. The molecule has 2 heterocycles. The van der Waals surface area contributed by atoms with E-state index in [0.717, 1.165) is 6.20 Å². The van der Waals surface area contributed by atoms with E-state index in [9.17, 15) is 19.1 Å². The Balaban J connectivity index is 2.31. The van der Waals surface area contributed by atoms with E-state index in [2.05, 4.69) is 4.98 Å². The molecular formula is C14H19FN2O4. The number of rotatable bonds is 1. The first kappa shape index (κ1) is 15.5. The van der Waals surface area contributed by atoms with E-state index in [0.29, 0.717) is 0 Å². The highest BCUT2D eigenvalue weighted by Crippen LogP contribution is 2.31. The first-order valence-electron chi connectivity index (χ1n) is 6.73. The Bertz CT molecular complexity index is 593. The summed E-state index contributed by atoms with van der Waals surface area (Å²) in [5.41, 5.74) is -1.36. The molecule has 2 rings (SSSR count). The van der Waals surface area contributed by atoms with Gasteiger partial charge in [0.25, 0.3) is 0 Å². The van der Waals surface area contributed by atoms with Crippen LogP contribution >= 0.6 is 0 Å². The van der Waals surface area contributed by atoms with Gasteiger partial charge in [0.1, 0.15) is 5.60 Å². The standard InChI is InChI=1S/C14H19FN2O4/c1-14(2,3)21-13(20)17-7-8(18)4-11(17)9-5-16-6-10(15)12(9)19/h5-6,8,11,18H,4,7H2,1-3H3,(H,16,19)/t8-,11-/m1/s1. The lowest BCUT2D eigenvalue weighted by molar-refractivity contribution is 0.0205. The topological polar surface area (TPSA) is 82.6 Å². The number of amides is 1. The number of likely N-dealkylation sites (tertiary alicyclic amines) is 1. The minimum absolute atomic E-state index is 0.0511. The number of β-amino-alcohol motifs (C(OH)–C–C–N with tert-alkyl or cyclic N) is 1. The third-order valence-corrected chi connectivity index (χ3v) is 3.19. The Kier molecular flexibility index (Phi) is 4.04. The number of aromatic nitrogens is 1. The lowest BCUT2D eigenvalue weighted by Crippen LogP contribution is -2.38. The van der Waals surface area contributed by atoms with Crippen molar-refractivity contribution in [3.63, 3.8) is 0 Å². The molecule has 0 aliphatic carbocycles. The molecule has 0 aromatic carbocycles. The van der Waals surface area contributed by atoms with Gasteiger partial charge in [0.2, 0.25) is 5.43 Å². The van der Waals surface area contributed by atoms with E-state index in [1.165, 1.54) is 11.1 Å². The number of halogens is 1. The number of hydrogen-bond acceptors (Lipinski definition) is 4. The van der Waals surface area contributed by atoms with E-state index < -0.39 is 35.1 Å². The summed E-state index contributed by atoms with van der Waals surface area (Å²) in [5.74, 6) is -0.918.